The van der Waals surface area contributed by atoms with Crippen LogP contribution in [0.3, 0.4) is 0 Å². The van der Waals surface area contributed by atoms with E-state index in [1.54, 1.807) is 0 Å². The summed E-state index contributed by atoms with van der Waals surface area (Å²) in [5.41, 5.74) is 3.65. The quantitative estimate of drug-likeness (QED) is 0.848. The first-order valence-corrected chi connectivity index (χ1v) is 6.89. The second-order valence-electron chi connectivity index (χ2n) is 4.71. The molecule has 3 nitrogen and oxygen atoms in total. The van der Waals surface area contributed by atoms with Crippen molar-refractivity contribution in [1.29, 1.82) is 0 Å². The van der Waals surface area contributed by atoms with Gasteiger partial charge in [0.25, 0.3) is 0 Å². The van der Waals surface area contributed by atoms with Crippen LogP contribution in [0.1, 0.15) is 12.0 Å². The van der Waals surface area contributed by atoms with E-state index in [0.717, 1.165) is 26.1 Å². The van der Waals surface area contributed by atoms with Crippen molar-refractivity contribution in [2.45, 2.75) is 13.0 Å². The third kappa shape index (κ3) is 2.82. The average molecular weight is 274 g/mol. The molecule has 4 heteroatoms. The van der Waals surface area contributed by atoms with Crippen LogP contribution < -0.4 is 10.2 Å². The van der Waals surface area contributed by atoms with E-state index in [1.165, 1.54) is 16.9 Å². The SMILES string of the molecule is Clc1ccc(CN2CCCNc3ccccc32)cn1. The predicted molar refractivity (Wildman–Crippen MR) is 79.8 cm³/mol. The summed E-state index contributed by atoms with van der Waals surface area (Å²) in [5, 5.41) is 4.01. The molecule has 1 N–H and O–H groups in total. The van der Waals surface area contributed by atoms with Crippen molar-refractivity contribution in [3.63, 3.8) is 0 Å². The highest BCUT2D eigenvalue weighted by Crippen LogP contribution is 2.29. The fourth-order valence-electron chi connectivity index (χ4n) is 2.40. The molecule has 2 heterocycles. The van der Waals surface area contributed by atoms with Crippen molar-refractivity contribution in [2.75, 3.05) is 23.3 Å². The first-order chi connectivity index (χ1) is 9.33. The molecular weight excluding hydrogens is 258 g/mol. The normalized spacial score (nSPS) is 14.5. The Morgan fingerprint density at radius 2 is 2.11 bits per heavy atom. The van der Waals surface area contributed by atoms with E-state index < -0.39 is 0 Å². The van der Waals surface area contributed by atoms with Crippen LogP contribution in [-0.4, -0.2) is 18.1 Å². The fraction of sp³-hybridized carbons (Fsp3) is 0.267. The number of hydrogen-bond donors (Lipinski definition) is 1. The number of hydrogen-bond acceptors (Lipinski definition) is 3. The zero-order valence-corrected chi connectivity index (χ0v) is 11.4. The molecule has 0 unspecified atom stereocenters. The van der Waals surface area contributed by atoms with E-state index in [9.17, 15) is 0 Å². The second kappa shape index (κ2) is 5.49. The molecule has 0 radical (unpaired) electrons. The minimum absolute atomic E-state index is 0.543. The average Bonchev–Trinajstić information content (AvgIpc) is 2.64. The summed E-state index contributed by atoms with van der Waals surface area (Å²) in [6, 6.07) is 12.3. The van der Waals surface area contributed by atoms with Gasteiger partial charge in [-0.15, -0.1) is 0 Å². The number of halogens is 1. The molecule has 1 aromatic carbocycles. The second-order valence-corrected chi connectivity index (χ2v) is 5.10. The first kappa shape index (κ1) is 12.3. The zero-order chi connectivity index (χ0) is 13.1. The Hall–Kier alpha value is -1.74. The third-order valence-corrected chi connectivity index (χ3v) is 3.55. The van der Waals surface area contributed by atoms with Crippen LogP contribution in [0.2, 0.25) is 5.15 Å². The Morgan fingerprint density at radius 1 is 1.21 bits per heavy atom. The molecule has 0 atom stereocenters. The molecule has 98 valence electrons. The molecule has 0 spiro atoms. The van der Waals surface area contributed by atoms with Gasteiger partial charge in [-0.2, -0.15) is 0 Å². The highest BCUT2D eigenvalue weighted by Gasteiger charge is 2.14. The van der Waals surface area contributed by atoms with Crippen molar-refractivity contribution in [3.05, 3.63) is 53.3 Å². The molecule has 0 saturated heterocycles. The molecule has 1 aromatic heterocycles. The molecule has 1 aliphatic heterocycles. The van der Waals surface area contributed by atoms with E-state index in [-0.39, 0.29) is 0 Å². The molecule has 0 fully saturated rings. The Balaban J connectivity index is 1.86. The number of rotatable bonds is 2. The van der Waals surface area contributed by atoms with Crippen LogP contribution in [0.25, 0.3) is 0 Å². The van der Waals surface area contributed by atoms with Gasteiger partial charge in [-0.05, 0) is 30.2 Å². The summed E-state index contributed by atoms with van der Waals surface area (Å²) in [4.78, 5) is 6.54. The summed E-state index contributed by atoms with van der Waals surface area (Å²) >= 11 is 5.83. The number of nitrogens with zero attached hydrogens (tertiary/aromatic N) is 2. The molecule has 0 aliphatic carbocycles. The standard InChI is InChI=1S/C15H16ClN3/c16-15-7-6-12(10-18-15)11-19-9-3-8-17-13-4-1-2-5-14(13)19/h1-2,4-7,10,17H,3,8-9,11H2. The topological polar surface area (TPSA) is 28.2 Å². The van der Waals surface area contributed by atoms with Crippen LogP contribution in [-0.2, 0) is 6.54 Å². The highest BCUT2D eigenvalue weighted by molar-refractivity contribution is 6.29. The number of anilines is 2. The zero-order valence-electron chi connectivity index (χ0n) is 10.6. The number of pyridine rings is 1. The van der Waals surface area contributed by atoms with E-state index in [2.05, 4.69) is 39.5 Å². The molecular formula is C15H16ClN3. The fourth-order valence-corrected chi connectivity index (χ4v) is 2.51. The van der Waals surface area contributed by atoms with Gasteiger partial charge in [0.15, 0.2) is 0 Å². The van der Waals surface area contributed by atoms with Crippen molar-refractivity contribution in [1.82, 2.24) is 4.98 Å². The smallest absolute Gasteiger partial charge is 0.129 e. The molecule has 1 aliphatic rings. The monoisotopic (exact) mass is 273 g/mol. The van der Waals surface area contributed by atoms with Crippen LogP contribution in [0.5, 0.6) is 0 Å². The lowest BCUT2D eigenvalue weighted by atomic mass is 10.2. The van der Waals surface area contributed by atoms with E-state index >= 15 is 0 Å². The molecule has 0 bridgehead atoms. The maximum Gasteiger partial charge on any atom is 0.129 e. The van der Waals surface area contributed by atoms with Crippen molar-refractivity contribution in [3.8, 4) is 0 Å². The molecule has 0 amide bonds. The van der Waals surface area contributed by atoms with Gasteiger partial charge in [-0.1, -0.05) is 29.8 Å². The number of aromatic nitrogens is 1. The molecule has 3 rings (SSSR count). The van der Waals surface area contributed by atoms with Crippen LogP contribution >= 0.6 is 11.6 Å². The first-order valence-electron chi connectivity index (χ1n) is 6.51. The van der Waals surface area contributed by atoms with Gasteiger partial charge in [0.1, 0.15) is 5.15 Å². The number of nitrogens with one attached hydrogen (secondary N) is 1. The lowest BCUT2D eigenvalue weighted by Gasteiger charge is -2.24. The maximum atomic E-state index is 5.83. The molecule has 2 aromatic rings. The Kier molecular flexibility index (Phi) is 3.56. The predicted octanol–water partition coefficient (Wildman–Crippen LogP) is 3.56. The molecule has 19 heavy (non-hydrogen) atoms. The number of para-hydroxylation sites is 2. The van der Waals surface area contributed by atoms with Crippen LogP contribution in [0.15, 0.2) is 42.6 Å². The van der Waals surface area contributed by atoms with Gasteiger partial charge in [0, 0.05) is 25.8 Å². The number of benzene rings is 1. The van der Waals surface area contributed by atoms with Gasteiger partial charge in [0.05, 0.1) is 11.4 Å². The van der Waals surface area contributed by atoms with E-state index in [1.807, 2.05) is 18.3 Å². The Bertz CT molecular complexity index is 554. The Labute approximate surface area is 118 Å². The van der Waals surface area contributed by atoms with Crippen molar-refractivity contribution >= 4 is 23.0 Å². The Morgan fingerprint density at radius 3 is 2.95 bits per heavy atom. The maximum absolute atomic E-state index is 5.83. The summed E-state index contributed by atoms with van der Waals surface area (Å²) in [5.74, 6) is 0. The van der Waals surface area contributed by atoms with Gasteiger partial charge in [-0.25, -0.2) is 4.98 Å². The molecule has 0 saturated carbocycles. The van der Waals surface area contributed by atoms with Crippen molar-refractivity contribution in [2.24, 2.45) is 0 Å². The van der Waals surface area contributed by atoms with Gasteiger partial charge < -0.3 is 10.2 Å². The summed E-state index contributed by atoms with van der Waals surface area (Å²) in [7, 11) is 0. The van der Waals surface area contributed by atoms with Gasteiger partial charge in [0.2, 0.25) is 0 Å². The van der Waals surface area contributed by atoms with E-state index in [0.29, 0.717) is 5.15 Å². The van der Waals surface area contributed by atoms with E-state index in [4.69, 9.17) is 11.6 Å². The van der Waals surface area contributed by atoms with Crippen molar-refractivity contribution < 1.29 is 0 Å². The lowest BCUT2D eigenvalue weighted by molar-refractivity contribution is 0.762. The van der Waals surface area contributed by atoms with Crippen LogP contribution in [0.4, 0.5) is 11.4 Å². The highest BCUT2D eigenvalue weighted by atomic mass is 35.5. The summed E-state index contributed by atoms with van der Waals surface area (Å²) in [6.45, 7) is 2.93. The summed E-state index contributed by atoms with van der Waals surface area (Å²) < 4.78 is 0. The minimum Gasteiger partial charge on any atom is -0.383 e. The summed E-state index contributed by atoms with van der Waals surface area (Å²) in [6.07, 6.45) is 2.99. The van der Waals surface area contributed by atoms with Gasteiger partial charge >= 0.3 is 0 Å². The van der Waals surface area contributed by atoms with Crippen LogP contribution in [0, 0.1) is 0 Å². The number of fused-ring (bicyclic) bond motifs is 1. The largest absolute Gasteiger partial charge is 0.383 e. The van der Waals surface area contributed by atoms with Gasteiger partial charge in [-0.3, -0.25) is 0 Å². The third-order valence-electron chi connectivity index (χ3n) is 3.33. The minimum atomic E-state index is 0.543. The lowest BCUT2D eigenvalue weighted by Crippen LogP contribution is -2.23.